The summed E-state index contributed by atoms with van der Waals surface area (Å²) in [4.78, 5) is 12.6. The fourth-order valence-corrected chi connectivity index (χ4v) is 4.94. The van der Waals surface area contributed by atoms with Crippen molar-refractivity contribution in [2.75, 3.05) is 18.4 Å². The first-order valence-corrected chi connectivity index (χ1v) is 12.3. The molecule has 11 heteroatoms. The molecule has 0 atom stereocenters. The molecule has 1 aromatic heterocycles. The molecule has 0 spiro atoms. The van der Waals surface area contributed by atoms with E-state index in [2.05, 4.69) is 20.9 Å². The molecule has 2 aromatic carbocycles. The second-order valence-electron chi connectivity index (χ2n) is 6.52. The van der Waals surface area contributed by atoms with E-state index in [-0.39, 0.29) is 20.6 Å². The van der Waals surface area contributed by atoms with Gasteiger partial charge in [-0.2, -0.15) is 0 Å². The van der Waals surface area contributed by atoms with Crippen molar-refractivity contribution < 1.29 is 17.9 Å². The van der Waals surface area contributed by atoms with E-state index >= 15 is 0 Å². The van der Waals surface area contributed by atoms with E-state index in [0.717, 1.165) is 29.1 Å². The average molecular weight is 491 g/mol. The number of methoxy groups -OCH3 is 1. The molecule has 4 N–H and O–H groups in total. The number of thiophene rings is 1. The van der Waals surface area contributed by atoms with Gasteiger partial charge in [0.15, 0.2) is 5.11 Å². The van der Waals surface area contributed by atoms with Crippen LogP contribution in [0.2, 0.25) is 0 Å². The van der Waals surface area contributed by atoms with Gasteiger partial charge in [-0.3, -0.25) is 20.4 Å². The topological polar surface area (TPSA) is 109 Å². The van der Waals surface area contributed by atoms with E-state index < -0.39 is 15.9 Å². The van der Waals surface area contributed by atoms with Crippen LogP contribution in [-0.2, 0) is 16.4 Å². The number of ether oxygens (including phenoxy) is 1. The van der Waals surface area contributed by atoms with Crippen molar-refractivity contribution in [3.05, 3.63) is 77.2 Å². The molecular formula is C21H22N4O4S3. The largest absolute Gasteiger partial charge is 0.497 e. The van der Waals surface area contributed by atoms with Gasteiger partial charge in [0.1, 0.15) is 9.96 Å². The first kappa shape index (κ1) is 23.5. The van der Waals surface area contributed by atoms with Gasteiger partial charge in [-0.25, -0.2) is 8.42 Å². The highest BCUT2D eigenvalue weighted by Gasteiger charge is 2.19. The molecule has 1 amide bonds. The van der Waals surface area contributed by atoms with E-state index in [1.165, 1.54) is 18.2 Å². The van der Waals surface area contributed by atoms with Gasteiger partial charge in [-0.1, -0.05) is 30.3 Å². The van der Waals surface area contributed by atoms with Gasteiger partial charge in [0.05, 0.1) is 18.4 Å². The summed E-state index contributed by atoms with van der Waals surface area (Å²) in [6.45, 7) is 0.561. The monoisotopic (exact) mass is 490 g/mol. The Morgan fingerprint density at radius 3 is 2.47 bits per heavy atom. The Morgan fingerprint density at radius 2 is 1.78 bits per heavy atom. The number of carbonyl (C=O) groups excluding carboxylic acids is 1. The zero-order valence-corrected chi connectivity index (χ0v) is 19.6. The molecular weight excluding hydrogens is 468 g/mol. The lowest BCUT2D eigenvalue weighted by Gasteiger charge is -2.14. The predicted octanol–water partition coefficient (Wildman–Crippen LogP) is 2.91. The standard InChI is InChI=1S/C21H22N4O4S3/c1-29-16-10-8-15(9-11-16)12-13-22-21(30)24-23-20(26)17-5-2-3-6-18(17)25-32(27,28)19-7-4-14-31-19/h2-11,14,25H,12-13H2,1H3,(H,23,26)(H2,22,24,30). The number of sulfonamides is 1. The number of anilines is 1. The maximum Gasteiger partial charge on any atom is 0.271 e. The van der Waals surface area contributed by atoms with Crippen molar-refractivity contribution in [3.8, 4) is 5.75 Å². The molecule has 0 saturated carbocycles. The zero-order valence-electron chi connectivity index (χ0n) is 17.1. The van der Waals surface area contributed by atoms with Crippen molar-refractivity contribution in [2.24, 2.45) is 0 Å². The van der Waals surface area contributed by atoms with E-state index in [1.807, 2.05) is 24.3 Å². The average Bonchev–Trinajstić information content (AvgIpc) is 3.34. The van der Waals surface area contributed by atoms with Crippen LogP contribution < -0.4 is 25.6 Å². The van der Waals surface area contributed by atoms with Crippen LogP contribution in [0.15, 0.2) is 70.3 Å². The number of carbonyl (C=O) groups is 1. The second-order valence-corrected chi connectivity index (χ2v) is 9.78. The Morgan fingerprint density at radius 1 is 1.03 bits per heavy atom. The Hall–Kier alpha value is -3.15. The van der Waals surface area contributed by atoms with Crippen LogP contribution in [0.4, 0.5) is 5.69 Å². The fraction of sp³-hybridized carbons (Fsp3) is 0.143. The van der Waals surface area contributed by atoms with Crippen LogP contribution in [0.25, 0.3) is 0 Å². The molecule has 0 unspecified atom stereocenters. The van der Waals surface area contributed by atoms with Crippen molar-refractivity contribution in [2.45, 2.75) is 10.6 Å². The number of hydrogen-bond donors (Lipinski definition) is 4. The van der Waals surface area contributed by atoms with E-state index in [0.29, 0.717) is 6.54 Å². The number of nitrogens with one attached hydrogen (secondary N) is 4. The molecule has 3 rings (SSSR count). The molecule has 0 saturated heterocycles. The second kappa shape index (κ2) is 10.9. The number of thiocarbonyl (C=S) groups is 1. The summed E-state index contributed by atoms with van der Waals surface area (Å²) in [6.07, 6.45) is 0.729. The minimum absolute atomic E-state index is 0.154. The molecule has 3 aromatic rings. The normalized spacial score (nSPS) is 10.8. The Labute approximate surface area is 196 Å². The third-order valence-corrected chi connectivity index (χ3v) is 7.33. The Balaban J connectivity index is 1.51. The zero-order chi connectivity index (χ0) is 23.0. The SMILES string of the molecule is COc1ccc(CCNC(=S)NNC(=O)c2ccccc2NS(=O)(=O)c2cccs2)cc1. The lowest BCUT2D eigenvalue weighted by atomic mass is 10.1. The van der Waals surface area contributed by atoms with Gasteiger partial charge in [0, 0.05) is 6.54 Å². The highest BCUT2D eigenvalue weighted by molar-refractivity contribution is 7.94. The maximum atomic E-state index is 12.6. The summed E-state index contributed by atoms with van der Waals surface area (Å²) in [7, 11) is -2.16. The molecule has 0 aliphatic heterocycles. The van der Waals surface area contributed by atoms with Gasteiger partial charge >= 0.3 is 0 Å². The van der Waals surface area contributed by atoms with Crippen LogP contribution >= 0.6 is 23.6 Å². The molecule has 1 heterocycles. The molecule has 0 aliphatic rings. The molecule has 0 radical (unpaired) electrons. The number of benzene rings is 2. The summed E-state index contributed by atoms with van der Waals surface area (Å²) in [5, 5.41) is 4.91. The smallest absolute Gasteiger partial charge is 0.271 e. The highest BCUT2D eigenvalue weighted by atomic mass is 32.2. The summed E-state index contributed by atoms with van der Waals surface area (Å²) >= 11 is 6.28. The van der Waals surface area contributed by atoms with E-state index in [9.17, 15) is 13.2 Å². The number of rotatable bonds is 8. The van der Waals surface area contributed by atoms with Crippen LogP contribution in [0, 0.1) is 0 Å². The Kier molecular flexibility index (Phi) is 8.03. The van der Waals surface area contributed by atoms with Crippen LogP contribution in [0.5, 0.6) is 5.75 Å². The highest BCUT2D eigenvalue weighted by Crippen LogP contribution is 2.22. The van der Waals surface area contributed by atoms with Gasteiger partial charge in [-0.05, 0) is 59.9 Å². The van der Waals surface area contributed by atoms with Crippen molar-refractivity contribution in [3.63, 3.8) is 0 Å². The molecule has 168 valence electrons. The molecule has 32 heavy (non-hydrogen) atoms. The first-order valence-electron chi connectivity index (χ1n) is 9.51. The van der Waals surface area contributed by atoms with Gasteiger partial charge in [-0.15, -0.1) is 11.3 Å². The summed E-state index contributed by atoms with van der Waals surface area (Å²) in [6, 6.07) is 17.2. The maximum absolute atomic E-state index is 12.6. The molecule has 0 aliphatic carbocycles. The number of hydrogen-bond acceptors (Lipinski definition) is 6. The van der Waals surface area contributed by atoms with Crippen LogP contribution in [0.1, 0.15) is 15.9 Å². The quantitative estimate of drug-likeness (QED) is 0.284. The van der Waals surface area contributed by atoms with Crippen molar-refractivity contribution >= 4 is 50.3 Å². The number of para-hydroxylation sites is 1. The Bertz CT molecular complexity index is 1160. The minimum atomic E-state index is -3.78. The van der Waals surface area contributed by atoms with Crippen molar-refractivity contribution in [1.29, 1.82) is 0 Å². The predicted molar refractivity (Wildman–Crippen MR) is 129 cm³/mol. The molecule has 0 fully saturated rings. The molecule has 8 nitrogen and oxygen atoms in total. The summed E-state index contributed by atoms with van der Waals surface area (Å²) in [5.74, 6) is 0.258. The lowest BCUT2D eigenvalue weighted by molar-refractivity contribution is 0.0944. The molecule has 0 bridgehead atoms. The van der Waals surface area contributed by atoms with E-state index in [4.69, 9.17) is 17.0 Å². The van der Waals surface area contributed by atoms with E-state index in [1.54, 1.807) is 30.7 Å². The number of hydrazine groups is 1. The first-order chi connectivity index (χ1) is 15.4. The lowest BCUT2D eigenvalue weighted by Crippen LogP contribution is -2.47. The summed E-state index contributed by atoms with van der Waals surface area (Å²) < 4.78 is 32.7. The van der Waals surface area contributed by atoms with Crippen LogP contribution in [-0.4, -0.2) is 33.1 Å². The number of amides is 1. The minimum Gasteiger partial charge on any atom is -0.497 e. The third kappa shape index (κ3) is 6.42. The fourth-order valence-electron chi connectivity index (χ4n) is 2.72. The van der Waals surface area contributed by atoms with Gasteiger partial charge < -0.3 is 10.1 Å². The van der Waals surface area contributed by atoms with Gasteiger partial charge in [0.2, 0.25) is 0 Å². The summed E-state index contributed by atoms with van der Waals surface area (Å²) in [5.41, 5.74) is 6.54. The van der Waals surface area contributed by atoms with Crippen LogP contribution in [0.3, 0.4) is 0 Å². The van der Waals surface area contributed by atoms with Gasteiger partial charge in [0.25, 0.3) is 15.9 Å². The third-order valence-electron chi connectivity index (χ3n) is 4.32. The van der Waals surface area contributed by atoms with Crippen molar-refractivity contribution in [1.82, 2.24) is 16.2 Å².